The van der Waals surface area contributed by atoms with Gasteiger partial charge in [0.15, 0.2) is 5.65 Å². The van der Waals surface area contributed by atoms with Gasteiger partial charge in [0, 0.05) is 55.1 Å². The third kappa shape index (κ3) is 4.97. The van der Waals surface area contributed by atoms with E-state index < -0.39 is 29.4 Å². The Balaban J connectivity index is 1.28. The quantitative estimate of drug-likeness (QED) is 0.432. The van der Waals surface area contributed by atoms with Crippen LogP contribution in [0, 0.1) is 0 Å². The van der Waals surface area contributed by atoms with Crippen LogP contribution in [0.15, 0.2) is 36.7 Å². The molecule has 2 aliphatic heterocycles. The summed E-state index contributed by atoms with van der Waals surface area (Å²) in [5.41, 5.74) is -3.11. The molecule has 5 rings (SSSR count). The molecule has 210 valence electrons. The summed E-state index contributed by atoms with van der Waals surface area (Å²) in [5, 5.41) is 9.56. The normalized spacial score (nSPS) is 18.6. The summed E-state index contributed by atoms with van der Waals surface area (Å²) in [4.78, 5) is 27.0. The molecule has 0 radical (unpaired) electrons. The van der Waals surface area contributed by atoms with Crippen molar-refractivity contribution in [2.24, 2.45) is 0 Å². The first-order chi connectivity index (χ1) is 18.4. The highest BCUT2D eigenvalue weighted by atomic mass is 19.4. The number of likely N-dealkylation sites (tertiary alicyclic amines) is 1. The molecule has 2 N–H and O–H groups in total. The Morgan fingerprint density at radius 2 is 1.56 bits per heavy atom. The average molecular weight is 557 g/mol. The summed E-state index contributed by atoms with van der Waals surface area (Å²) in [6.45, 7) is 2.07. The third-order valence-electron chi connectivity index (χ3n) is 7.66. The highest BCUT2D eigenvalue weighted by molar-refractivity contribution is 5.94. The van der Waals surface area contributed by atoms with Crippen molar-refractivity contribution in [3.8, 4) is 0 Å². The lowest BCUT2D eigenvalue weighted by atomic mass is 9.89. The highest BCUT2D eigenvalue weighted by Gasteiger charge is 2.71. The van der Waals surface area contributed by atoms with Gasteiger partial charge in [-0.25, -0.2) is 9.97 Å². The minimum atomic E-state index is -5.99. The smallest absolute Gasteiger partial charge is 0.381 e. The van der Waals surface area contributed by atoms with Crippen molar-refractivity contribution >= 4 is 17.1 Å². The molecular formula is C26H26F6N4O3. The standard InChI is InChI=1S/C26H26F6N4O3/c27-25(28,29)24(38,26(30,31)32)18-3-1-17(2-4-18)23(37)36-9-5-15(6-10-36)19-13-33-22-21(19)35-20(14-34-22)16-7-11-39-12-8-16/h1-4,13-16,38H,5-12H2,(H,33,34). The maximum atomic E-state index is 13.1. The van der Waals surface area contributed by atoms with Crippen molar-refractivity contribution in [2.45, 2.75) is 55.5 Å². The van der Waals surface area contributed by atoms with Crippen molar-refractivity contribution in [3.05, 3.63) is 59.0 Å². The number of benzene rings is 1. The van der Waals surface area contributed by atoms with Crippen molar-refractivity contribution < 1.29 is 41.0 Å². The summed E-state index contributed by atoms with van der Waals surface area (Å²) in [7, 11) is 0. The number of piperidine rings is 1. The van der Waals surface area contributed by atoms with E-state index in [0.717, 1.165) is 41.7 Å². The molecule has 1 aromatic carbocycles. The Labute approximate surface area is 219 Å². The van der Waals surface area contributed by atoms with Crippen LogP contribution in [0.1, 0.15) is 64.7 Å². The van der Waals surface area contributed by atoms with Gasteiger partial charge in [-0.15, -0.1) is 0 Å². The number of hydrogen-bond donors (Lipinski definition) is 2. The molecule has 4 heterocycles. The molecule has 2 aromatic heterocycles. The van der Waals surface area contributed by atoms with E-state index in [1.54, 1.807) is 6.20 Å². The second-order valence-corrected chi connectivity index (χ2v) is 9.97. The predicted octanol–water partition coefficient (Wildman–Crippen LogP) is 5.18. The number of alkyl halides is 6. The van der Waals surface area contributed by atoms with E-state index in [1.807, 2.05) is 6.20 Å². The number of nitrogens with one attached hydrogen (secondary N) is 1. The average Bonchev–Trinajstić information content (AvgIpc) is 3.35. The number of aliphatic hydroxyl groups is 1. The fourth-order valence-electron chi connectivity index (χ4n) is 5.34. The first-order valence-electron chi connectivity index (χ1n) is 12.6. The number of fused-ring (bicyclic) bond motifs is 1. The van der Waals surface area contributed by atoms with E-state index in [4.69, 9.17) is 9.72 Å². The van der Waals surface area contributed by atoms with Gasteiger partial charge in [-0.2, -0.15) is 26.3 Å². The highest BCUT2D eigenvalue weighted by Crippen LogP contribution is 2.50. The number of halogens is 6. The first-order valence-corrected chi connectivity index (χ1v) is 12.6. The van der Waals surface area contributed by atoms with Crippen LogP contribution in [0.25, 0.3) is 11.2 Å². The van der Waals surface area contributed by atoms with Gasteiger partial charge in [0.05, 0.1) is 11.9 Å². The van der Waals surface area contributed by atoms with Crippen LogP contribution in [-0.2, 0) is 10.3 Å². The van der Waals surface area contributed by atoms with E-state index >= 15 is 0 Å². The number of hydrogen-bond acceptors (Lipinski definition) is 5. The topological polar surface area (TPSA) is 91.3 Å². The Morgan fingerprint density at radius 1 is 0.949 bits per heavy atom. The minimum Gasteiger partial charge on any atom is -0.381 e. The van der Waals surface area contributed by atoms with Gasteiger partial charge in [0.25, 0.3) is 11.5 Å². The molecule has 39 heavy (non-hydrogen) atoms. The van der Waals surface area contributed by atoms with Crippen molar-refractivity contribution in [3.63, 3.8) is 0 Å². The second kappa shape index (κ2) is 10.1. The molecular weight excluding hydrogens is 530 g/mol. The zero-order chi connectivity index (χ0) is 28.0. The maximum absolute atomic E-state index is 13.1. The molecule has 0 bridgehead atoms. The Hall–Kier alpha value is -3.19. The number of ether oxygens (including phenoxy) is 1. The van der Waals surface area contributed by atoms with Crippen LogP contribution in [0.3, 0.4) is 0 Å². The summed E-state index contributed by atoms with van der Waals surface area (Å²) in [6, 6.07) is 2.72. The van der Waals surface area contributed by atoms with Crippen LogP contribution < -0.4 is 0 Å². The number of amides is 1. The molecule has 7 nitrogen and oxygen atoms in total. The van der Waals surface area contributed by atoms with Gasteiger partial charge in [-0.3, -0.25) is 4.79 Å². The Kier molecular flexibility index (Phi) is 7.08. The van der Waals surface area contributed by atoms with E-state index in [-0.39, 0.29) is 17.4 Å². The Morgan fingerprint density at radius 3 is 2.15 bits per heavy atom. The van der Waals surface area contributed by atoms with Gasteiger partial charge in [-0.1, -0.05) is 12.1 Å². The summed E-state index contributed by atoms with van der Waals surface area (Å²) < 4.78 is 84.3. The first kappa shape index (κ1) is 27.4. The van der Waals surface area contributed by atoms with E-state index in [2.05, 4.69) is 9.97 Å². The van der Waals surface area contributed by atoms with E-state index in [1.165, 1.54) is 4.90 Å². The Bertz CT molecular complexity index is 1310. The van der Waals surface area contributed by atoms with Crippen LogP contribution in [-0.4, -0.2) is 69.5 Å². The number of aromatic amines is 1. The van der Waals surface area contributed by atoms with Gasteiger partial charge in [0.1, 0.15) is 5.52 Å². The predicted molar refractivity (Wildman–Crippen MR) is 127 cm³/mol. The van der Waals surface area contributed by atoms with Crippen molar-refractivity contribution in [1.29, 1.82) is 0 Å². The molecule has 2 aliphatic rings. The maximum Gasteiger partial charge on any atom is 0.430 e. The lowest BCUT2D eigenvalue weighted by Gasteiger charge is -2.33. The lowest BCUT2D eigenvalue weighted by molar-refractivity contribution is -0.376. The minimum absolute atomic E-state index is 0.0667. The van der Waals surface area contributed by atoms with Gasteiger partial charge < -0.3 is 19.7 Å². The van der Waals surface area contributed by atoms with Crippen molar-refractivity contribution in [1.82, 2.24) is 19.9 Å². The van der Waals surface area contributed by atoms with Crippen LogP contribution in [0.2, 0.25) is 0 Å². The zero-order valence-electron chi connectivity index (χ0n) is 20.6. The van der Waals surface area contributed by atoms with E-state index in [9.17, 15) is 36.2 Å². The van der Waals surface area contributed by atoms with Crippen molar-refractivity contribution in [2.75, 3.05) is 26.3 Å². The molecule has 0 spiro atoms. The zero-order valence-corrected chi connectivity index (χ0v) is 20.6. The summed E-state index contributed by atoms with van der Waals surface area (Å²) >= 11 is 0. The lowest BCUT2D eigenvalue weighted by Crippen LogP contribution is -2.53. The summed E-state index contributed by atoms with van der Waals surface area (Å²) in [5.74, 6) is -0.131. The van der Waals surface area contributed by atoms with E-state index in [0.29, 0.717) is 56.9 Å². The largest absolute Gasteiger partial charge is 0.430 e. The third-order valence-corrected chi connectivity index (χ3v) is 7.66. The molecule has 0 saturated carbocycles. The van der Waals surface area contributed by atoms with Gasteiger partial charge in [-0.05, 0) is 43.7 Å². The number of rotatable bonds is 4. The van der Waals surface area contributed by atoms with Gasteiger partial charge in [0.2, 0.25) is 0 Å². The summed E-state index contributed by atoms with van der Waals surface area (Å²) in [6.07, 6.45) is -5.35. The van der Waals surface area contributed by atoms with Crippen LogP contribution in [0.5, 0.6) is 0 Å². The number of nitrogens with zero attached hydrogens (tertiary/aromatic N) is 3. The fourth-order valence-corrected chi connectivity index (χ4v) is 5.34. The molecule has 0 unspecified atom stereocenters. The molecule has 0 aliphatic carbocycles. The fraction of sp³-hybridized carbons (Fsp3) is 0.500. The monoisotopic (exact) mass is 556 g/mol. The van der Waals surface area contributed by atoms with Gasteiger partial charge >= 0.3 is 12.4 Å². The number of carbonyl (C=O) groups excluding carboxylic acids is 1. The molecule has 1 amide bonds. The van der Waals surface area contributed by atoms with Crippen LogP contribution in [0.4, 0.5) is 26.3 Å². The number of H-pyrrole nitrogens is 1. The molecule has 13 heteroatoms. The number of carbonyl (C=O) groups is 1. The molecule has 0 atom stereocenters. The molecule has 2 saturated heterocycles. The van der Waals surface area contributed by atoms with Crippen LogP contribution >= 0.6 is 0 Å². The molecule has 3 aromatic rings. The SMILES string of the molecule is O=C(c1ccc(C(O)(C(F)(F)F)C(F)(F)F)cc1)N1CCC(c2c[nH]c3ncc(C4CCOCC4)nc23)CC1. The second-order valence-electron chi connectivity index (χ2n) is 9.97. The molecule has 2 fully saturated rings. The number of aromatic nitrogens is 3.